The molecule has 0 fully saturated rings. The van der Waals surface area contributed by atoms with E-state index < -0.39 is 5.54 Å². The molecule has 0 aliphatic carbocycles. The molecule has 21 heavy (non-hydrogen) atoms. The zero-order valence-corrected chi connectivity index (χ0v) is 12.8. The summed E-state index contributed by atoms with van der Waals surface area (Å²) in [5, 5.41) is 7.45. The van der Waals surface area contributed by atoms with Gasteiger partial charge in [-0.05, 0) is 26.5 Å². The first-order valence-corrected chi connectivity index (χ1v) is 6.74. The molecule has 0 bridgehead atoms. The minimum atomic E-state index is -0.999. The van der Waals surface area contributed by atoms with E-state index in [-0.39, 0.29) is 5.97 Å². The van der Waals surface area contributed by atoms with Gasteiger partial charge in [0.1, 0.15) is 11.6 Å². The van der Waals surface area contributed by atoms with Gasteiger partial charge in [-0.2, -0.15) is 5.10 Å². The first-order chi connectivity index (χ1) is 10.0. The van der Waals surface area contributed by atoms with E-state index in [1.165, 1.54) is 7.11 Å². The molecule has 1 aromatic carbocycles. The topological polar surface area (TPSA) is 69.0 Å². The third-order valence-corrected chi connectivity index (χ3v) is 3.58. The van der Waals surface area contributed by atoms with Crippen molar-refractivity contribution >= 4 is 5.97 Å². The predicted molar refractivity (Wildman–Crippen MR) is 78.7 cm³/mol. The van der Waals surface area contributed by atoms with Crippen LogP contribution in [0.2, 0.25) is 0 Å². The lowest BCUT2D eigenvalue weighted by Crippen LogP contribution is -2.51. The van der Waals surface area contributed by atoms with Crippen molar-refractivity contribution < 1.29 is 9.53 Å². The summed E-state index contributed by atoms with van der Waals surface area (Å²) in [7, 11) is 3.12. The summed E-state index contributed by atoms with van der Waals surface area (Å²) in [5.74, 6) is 1.08. The van der Waals surface area contributed by atoms with Crippen molar-refractivity contribution in [2.24, 2.45) is 0 Å². The Morgan fingerprint density at radius 1 is 1.33 bits per heavy atom. The number of aryl methyl sites for hydroxylation is 2. The Labute approximate surface area is 124 Å². The van der Waals surface area contributed by atoms with Crippen molar-refractivity contribution in [1.29, 1.82) is 0 Å². The standard InChI is InChI=1S/C15H20N4O2/c1-11-17-12(2)19(18-11)10-15(16-3,14(20)21-4)13-8-6-5-7-9-13/h5-9,16H,10H2,1-4H3. The fourth-order valence-corrected chi connectivity index (χ4v) is 2.43. The third-order valence-electron chi connectivity index (χ3n) is 3.58. The van der Waals surface area contributed by atoms with Gasteiger partial charge in [0.15, 0.2) is 5.54 Å². The Kier molecular flexibility index (Phi) is 4.37. The van der Waals surface area contributed by atoms with Crippen LogP contribution in [0, 0.1) is 13.8 Å². The van der Waals surface area contributed by atoms with Gasteiger partial charge in [-0.3, -0.25) is 5.32 Å². The van der Waals surface area contributed by atoms with E-state index in [1.807, 2.05) is 44.2 Å². The summed E-state index contributed by atoms with van der Waals surface area (Å²) in [4.78, 5) is 16.7. The van der Waals surface area contributed by atoms with Crippen LogP contribution >= 0.6 is 0 Å². The molecule has 0 amide bonds. The number of hydrogen-bond donors (Lipinski definition) is 1. The van der Waals surface area contributed by atoms with E-state index in [9.17, 15) is 4.79 Å². The number of esters is 1. The average molecular weight is 288 g/mol. The molecule has 1 atom stereocenters. The minimum absolute atomic E-state index is 0.312. The molecule has 1 unspecified atom stereocenters. The molecule has 6 nitrogen and oxygen atoms in total. The summed E-state index contributed by atoms with van der Waals surface area (Å²) in [6, 6.07) is 9.48. The van der Waals surface area contributed by atoms with Crippen LogP contribution in [0.15, 0.2) is 30.3 Å². The summed E-state index contributed by atoms with van der Waals surface area (Å²) in [6.45, 7) is 4.00. The smallest absolute Gasteiger partial charge is 0.332 e. The number of likely N-dealkylation sites (N-methyl/N-ethyl adjacent to an activating group) is 1. The van der Waals surface area contributed by atoms with Gasteiger partial charge in [0.2, 0.25) is 0 Å². The second kappa shape index (κ2) is 6.05. The Hall–Kier alpha value is -2.21. The number of carbonyl (C=O) groups excluding carboxylic acids is 1. The number of hydrogen-bond acceptors (Lipinski definition) is 5. The van der Waals surface area contributed by atoms with Gasteiger partial charge in [-0.15, -0.1) is 0 Å². The van der Waals surface area contributed by atoms with Crippen molar-refractivity contribution in [3.8, 4) is 0 Å². The van der Waals surface area contributed by atoms with E-state index in [1.54, 1.807) is 11.7 Å². The lowest BCUT2D eigenvalue weighted by Gasteiger charge is -2.31. The van der Waals surface area contributed by atoms with Crippen LogP contribution in [0.1, 0.15) is 17.2 Å². The van der Waals surface area contributed by atoms with E-state index in [0.717, 1.165) is 11.4 Å². The SMILES string of the molecule is CNC(Cn1nc(C)nc1C)(C(=O)OC)c1ccccc1. The Balaban J connectivity index is 2.50. The van der Waals surface area contributed by atoms with Gasteiger partial charge < -0.3 is 4.74 Å². The first kappa shape index (κ1) is 15.2. The summed E-state index contributed by atoms with van der Waals surface area (Å²) < 4.78 is 6.73. The number of ether oxygens (including phenoxy) is 1. The predicted octanol–water partition coefficient (Wildman–Crippen LogP) is 1.18. The quantitative estimate of drug-likeness (QED) is 0.837. The van der Waals surface area contributed by atoms with Crippen LogP contribution in [0.3, 0.4) is 0 Å². The molecule has 2 aromatic rings. The number of benzene rings is 1. The Morgan fingerprint density at radius 3 is 2.48 bits per heavy atom. The normalized spacial score (nSPS) is 13.7. The molecule has 0 saturated carbocycles. The van der Waals surface area contributed by atoms with Crippen LogP contribution in [-0.2, 0) is 21.6 Å². The van der Waals surface area contributed by atoms with Crippen LogP contribution in [0.4, 0.5) is 0 Å². The van der Waals surface area contributed by atoms with Gasteiger partial charge in [0, 0.05) is 0 Å². The minimum Gasteiger partial charge on any atom is -0.467 e. The average Bonchev–Trinajstić information content (AvgIpc) is 2.82. The maximum atomic E-state index is 12.4. The number of rotatable bonds is 5. The van der Waals surface area contributed by atoms with Crippen LogP contribution in [-0.4, -0.2) is 34.9 Å². The van der Waals surface area contributed by atoms with Gasteiger partial charge in [-0.1, -0.05) is 30.3 Å². The van der Waals surface area contributed by atoms with E-state index in [0.29, 0.717) is 12.4 Å². The molecular formula is C15H20N4O2. The highest BCUT2D eigenvalue weighted by Gasteiger charge is 2.41. The molecule has 0 radical (unpaired) electrons. The highest BCUT2D eigenvalue weighted by atomic mass is 16.5. The van der Waals surface area contributed by atoms with Crippen molar-refractivity contribution in [3.63, 3.8) is 0 Å². The molecule has 6 heteroatoms. The van der Waals surface area contributed by atoms with E-state index in [4.69, 9.17) is 4.74 Å². The molecular weight excluding hydrogens is 268 g/mol. The van der Waals surface area contributed by atoms with Crippen LogP contribution in [0.5, 0.6) is 0 Å². The largest absolute Gasteiger partial charge is 0.467 e. The fourth-order valence-electron chi connectivity index (χ4n) is 2.43. The molecule has 1 aromatic heterocycles. The van der Waals surface area contributed by atoms with Crippen molar-refractivity contribution in [1.82, 2.24) is 20.1 Å². The maximum absolute atomic E-state index is 12.4. The number of nitrogens with zero attached hydrogens (tertiary/aromatic N) is 3. The zero-order chi connectivity index (χ0) is 15.5. The number of nitrogens with one attached hydrogen (secondary N) is 1. The van der Waals surface area contributed by atoms with Crippen molar-refractivity contribution in [2.45, 2.75) is 25.9 Å². The Bertz CT molecular complexity index is 624. The zero-order valence-electron chi connectivity index (χ0n) is 12.8. The van der Waals surface area contributed by atoms with Gasteiger partial charge in [-0.25, -0.2) is 14.5 Å². The van der Waals surface area contributed by atoms with Gasteiger partial charge in [0.05, 0.1) is 13.7 Å². The molecule has 1 N–H and O–H groups in total. The molecule has 2 rings (SSSR count). The highest BCUT2D eigenvalue weighted by molar-refractivity contribution is 5.82. The van der Waals surface area contributed by atoms with E-state index >= 15 is 0 Å². The highest BCUT2D eigenvalue weighted by Crippen LogP contribution is 2.25. The van der Waals surface area contributed by atoms with Crippen molar-refractivity contribution in [3.05, 3.63) is 47.5 Å². The molecule has 0 saturated heterocycles. The first-order valence-electron chi connectivity index (χ1n) is 6.74. The lowest BCUT2D eigenvalue weighted by molar-refractivity contribution is -0.149. The monoisotopic (exact) mass is 288 g/mol. The molecule has 1 heterocycles. The number of methoxy groups -OCH3 is 1. The lowest BCUT2D eigenvalue weighted by atomic mass is 9.90. The molecule has 0 spiro atoms. The van der Waals surface area contributed by atoms with E-state index in [2.05, 4.69) is 15.4 Å². The maximum Gasteiger partial charge on any atom is 0.332 e. The van der Waals surface area contributed by atoms with Crippen LogP contribution in [0.25, 0.3) is 0 Å². The van der Waals surface area contributed by atoms with Gasteiger partial charge >= 0.3 is 5.97 Å². The molecule has 112 valence electrons. The molecule has 0 aliphatic heterocycles. The second-order valence-electron chi connectivity index (χ2n) is 4.88. The summed E-state index contributed by atoms with van der Waals surface area (Å²) >= 11 is 0. The van der Waals surface area contributed by atoms with Crippen LogP contribution < -0.4 is 5.32 Å². The van der Waals surface area contributed by atoms with Gasteiger partial charge in [0.25, 0.3) is 0 Å². The van der Waals surface area contributed by atoms with Crippen molar-refractivity contribution in [2.75, 3.05) is 14.2 Å². The summed E-state index contributed by atoms with van der Waals surface area (Å²) in [6.07, 6.45) is 0. The third kappa shape index (κ3) is 2.80. The summed E-state index contributed by atoms with van der Waals surface area (Å²) in [5.41, 5.74) is -0.173. The second-order valence-corrected chi connectivity index (χ2v) is 4.88. The fraction of sp³-hybridized carbons (Fsp3) is 0.400. The number of carbonyl (C=O) groups is 1. The molecule has 0 aliphatic rings. The Morgan fingerprint density at radius 2 is 2.00 bits per heavy atom. The number of aromatic nitrogens is 3.